The highest BCUT2D eigenvalue weighted by Crippen LogP contribution is 2.38. The van der Waals surface area contributed by atoms with E-state index in [1.54, 1.807) is 23.7 Å². The third-order valence-corrected chi connectivity index (χ3v) is 6.97. The summed E-state index contributed by atoms with van der Waals surface area (Å²) in [6, 6.07) is 14.4. The van der Waals surface area contributed by atoms with Gasteiger partial charge in [0.25, 0.3) is 0 Å². The first-order valence-corrected chi connectivity index (χ1v) is 12.2. The summed E-state index contributed by atoms with van der Waals surface area (Å²) in [7, 11) is 0. The number of fused-ring (bicyclic) bond motifs is 1. The van der Waals surface area contributed by atoms with Crippen molar-refractivity contribution in [2.75, 3.05) is 22.5 Å². The Bertz CT molecular complexity index is 1270. The minimum atomic E-state index is 0.101. The molecule has 168 valence electrons. The average molecular weight is 477 g/mol. The van der Waals surface area contributed by atoms with Gasteiger partial charge < -0.3 is 16.0 Å². The Hall–Kier alpha value is -3.16. The predicted molar refractivity (Wildman–Crippen MR) is 138 cm³/mol. The molecule has 6 nitrogen and oxygen atoms in total. The maximum atomic E-state index is 6.44. The Morgan fingerprint density at radius 2 is 1.97 bits per heavy atom. The van der Waals surface area contributed by atoms with Crippen molar-refractivity contribution in [2.45, 2.75) is 32.1 Å². The predicted octanol–water partition coefficient (Wildman–Crippen LogP) is 7.22. The highest BCUT2D eigenvalue weighted by molar-refractivity contribution is 7.13. The largest absolute Gasteiger partial charge is 0.385 e. The van der Waals surface area contributed by atoms with Crippen molar-refractivity contribution in [3.63, 3.8) is 0 Å². The van der Waals surface area contributed by atoms with Crippen LogP contribution in [0.15, 0.2) is 60.2 Å². The van der Waals surface area contributed by atoms with Crippen molar-refractivity contribution in [1.29, 1.82) is 0 Å². The van der Waals surface area contributed by atoms with Gasteiger partial charge in [-0.15, -0.1) is 11.3 Å². The van der Waals surface area contributed by atoms with Crippen LogP contribution in [-0.4, -0.2) is 21.5 Å². The maximum Gasteiger partial charge on any atom is 0.229 e. The molecule has 0 atom stereocenters. The fraction of sp³-hybridized carbons (Fsp3) is 0.240. The van der Waals surface area contributed by atoms with Gasteiger partial charge in [0.1, 0.15) is 10.0 Å². The number of anilines is 5. The van der Waals surface area contributed by atoms with Crippen molar-refractivity contribution in [3.05, 3.63) is 70.8 Å². The Labute approximate surface area is 202 Å². The van der Waals surface area contributed by atoms with Gasteiger partial charge in [0.15, 0.2) is 5.82 Å². The highest BCUT2D eigenvalue weighted by atomic mass is 35.5. The van der Waals surface area contributed by atoms with Gasteiger partial charge in [-0.2, -0.15) is 4.98 Å². The topological polar surface area (TPSA) is 74.8 Å². The molecule has 1 aliphatic heterocycles. The second kappa shape index (κ2) is 9.00. The van der Waals surface area contributed by atoms with Crippen molar-refractivity contribution >= 4 is 51.8 Å². The molecule has 0 bridgehead atoms. The zero-order valence-corrected chi connectivity index (χ0v) is 20.1. The summed E-state index contributed by atoms with van der Waals surface area (Å²) in [5.74, 6) is 1.02. The molecule has 5 rings (SSSR count). The molecular formula is C25H25ClN6S. The third kappa shape index (κ3) is 4.65. The lowest BCUT2D eigenvalue weighted by molar-refractivity contribution is 0.479. The second-order valence-corrected chi connectivity index (χ2v) is 10.00. The summed E-state index contributed by atoms with van der Waals surface area (Å²) in [6.45, 7) is 5.59. The molecule has 0 saturated heterocycles. The fourth-order valence-electron chi connectivity index (χ4n) is 4.13. The molecule has 0 saturated carbocycles. The average Bonchev–Trinajstić information content (AvgIpc) is 3.30. The molecule has 2 aromatic carbocycles. The molecule has 0 radical (unpaired) electrons. The van der Waals surface area contributed by atoms with E-state index in [2.05, 4.69) is 62.9 Å². The molecule has 1 aliphatic rings. The Kier molecular flexibility index (Phi) is 5.91. The van der Waals surface area contributed by atoms with Crippen LogP contribution in [0.25, 0.3) is 10.6 Å². The van der Waals surface area contributed by atoms with Crippen LogP contribution in [0.5, 0.6) is 0 Å². The van der Waals surface area contributed by atoms with Gasteiger partial charge in [0.2, 0.25) is 5.95 Å². The van der Waals surface area contributed by atoms with Gasteiger partial charge in [-0.1, -0.05) is 37.6 Å². The van der Waals surface area contributed by atoms with E-state index in [1.165, 1.54) is 11.3 Å². The summed E-state index contributed by atoms with van der Waals surface area (Å²) in [5.41, 5.74) is 5.43. The summed E-state index contributed by atoms with van der Waals surface area (Å²) in [5, 5.41) is 13.6. The Balaban J connectivity index is 1.42. The molecule has 2 aromatic heterocycles. The minimum Gasteiger partial charge on any atom is -0.385 e. The summed E-state index contributed by atoms with van der Waals surface area (Å²) < 4.78 is 0. The van der Waals surface area contributed by atoms with Crippen LogP contribution in [-0.2, 0) is 5.41 Å². The van der Waals surface area contributed by atoms with E-state index >= 15 is 0 Å². The Morgan fingerprint density at radius 3 is 2.82 bits per heavy atom. The molecular weight excluding hydrogens is 452 g/mol. The molecule has 3 N–H and O–H groups in total. The van der Waals surface area contributed by atoms with Gasteiger partial charge >= 0.3 is 0 Å². The van der Waals surface area contributed by atoms with Crippen LogP contribution in [0.2, 0.25) is 5.02 Å². The van der Waals surface area contributed by atoms with Crippen LogP contribution < -0.4 is 16.0 Å². The van der Waals surface area contributed by atoms with Crippen LogP contribution in [0.3, 0.4) is 0 Å². The zero-order valence-electron chi connectivity index (χ0n) is 18.5. The molecule has 0 fully saturated rings. The maximum absolute atomic E-state index is 6.44. The van der Waals surface area contributed by atoms with E-state index in [9.17, 15) is 0 Å². The molecule has 0 spiro atoms. The SMILES string of the molecule is CC1(C)CCCNc2ccc(Nc3ncc(Cl)c(Nc4ccccc4-c4nccs4)n3)cc21. The molecule has 4 aromatic rings. The summed E-state index contributed by atoms with van der Waals surface area (Å²) in [4.78, 5) is 13.5. The molecule has 0 amide bonds. The standard InChI is InChI=1S/C25H25ClN6S/c1-25(2)10-5-11-27-21-9-8-16(14-18(21)25)30-24-29-15-19(26)22(32-24)31-20-7-4-3-6-17(20)23-28-12-13-33-23/h3-4,6-9,12-15,27H,5,10-11H2,1-2H3,(H2,29,30,31,32). The van der Waals surface area contributed by atoms with E-state index < -0.39 is 0 Å². The number of hydrogen-bond donors (Lipinski definition) is 3. The van der Waals surface area contributed by atoms with Crippen LogP contribution >= 0.6 is 22.9 Å². The van der Waals surface area contributed by atoms with Gasteiger partial charge in [-0.05, 0) is 54.2 Å². The molecule has 0 unspecified atom stereocenters. The molecule has 8 heteroatoms. The number of aromatic nitrogens is 3. The van der Waals surface area contributed by atoms with Crippen LogP contribution in [0.4, 0.5) is 28.8 Å². The number of nitrogens with one attached hydrogen (secondary N) is 3. The number of benzene rings is 2. The summed E-state index contributed by atoms with van der Waals surface area (Å²) in [6.07, 6.45) is 5.71. The number of nitrogens with zero attached hydrogens (tertiary/aromatic N) is 3. The van der Waals surface area contributed by atoms with Crippen LogP contribution in [0.1, 0.15) is 32.3 Å². The molecule has 3 heterocycles. The van der Waals surface area contributed by atoms with Crippen molar-refractivity contribution in [2.24, 2.45) is 0 Å². The summed E-state index contributed by atoms with van der Waals surface area (Å²) >= 11 is 8.03. The first-order valence-electron chi connectivity index (χ1n) is 10.9. The lowest BCUT2D eigenvalue weighted by Crippen LogP contribution is -2.16. The molecule has 33 heavy (non-hydrogen) atoms. The first-order chi connectivity index (χ1) is 16.0. The monoisotopic (exact) mass is 476 g/mol. The number of rotatable bonds is 5. The normalized spacial score (nSPS) is 14.6. The fourth-order valence-corrected chi connectivity index (χ4v) is 4.95. The highest BCUT2D eigenvalue weighted by Gasteiger charge is 2.26. The van der Waals surface area contributed by atoms with Gasteiger partial charge in [-0.25, -0.2) is 9.97 Å². The van der Waals surface area contributed by atoms with E-state index in [0.29, 0.717) is 16.8 Å². The zero-order chi connectivity index (χ0) is 22.8. The van der Waals surface area contributed by atoms with Crippen LogP contribution in [0, 0.1) is 0 Å². The van der Waals surface area contributed by atoms with Crippen molar-refractivity contribution < 1.29 is 0 Å². The van der Waals surface area contributed by atoms with Gasteiger partial charge in [-0.3, -0.25) is 0 Å². The smallest absolute Gasteiger partial charge is 0.229 e. The first kappa shape index (κ1) is 21.7. The van der Waals surface area contributed by atoms with Gasteiger partial charge in [0.05, 0.1) is 6.20 Å². The van der Waals surface area contributed by atoms with E-state index in [0.717, 1.165) is 41.3 Å². The number of hydrogen-bond acceptors (Lipinski definition) is 7. The lowest BCUT2D eigenvalue weighted by atomic mass is 9.80. The third-order valence-electron chi connectivity index (χ3n) is 5.89. The van der Waals surface area contributed by atoms with Crippen molar-refractivity contribution in [1.82, 2.24) is 15.0 Å². The number of para-hydroxylation sites is 1. The Morgan fingerprint density at radius 1 is 1.09 bits per heavy atom. The molecule has 0 aliphatic carbocycles. The van der Waals surface area contributed by atoms with E-state index in [1.807, 2.05) is 29.6 Å². The number of thiazole rings is 1. The van der Waals surface area contributed by atoms with Gasteiger partial charge in [0, 0.05) is 40.7 Å². The van der Waals surface area contributed by atoms with E-state index in [4.69, 9.17) is 11.6 Å². The lowest BCUT2D eigenvalue weighted by Gasteiger charge is -2.25. The van der Waals surface area contributed by atoms with E-state index in [-0.39, 0.29) is 5.41 Å². The quantitative estimate of drug-likeness (QED) is 0.282. The minimum absolute atomic E-state index is 0.101. The number of halogens is 1. The second-order valence-electron chi connectivity index (χ2n) is 8.70. The van der Waals surface area contributed by atoms with Crippen molar-refractivity contribution in [3.8, 4) is 10.6 Å².